The third kappa shape index (κ3) is 6.09. The van der Waals surface area contributed by atoms with Crippen molar-refractivity contribution >= 4 is 10.2 Å². The van der Waals surface area contributed by atoms with Gasteiger partial charge in [-0.2, -0.15) is 12.7 Å². The summed E-state index contributed by atoms with van der Waals surface area (Å²) in [4.78, 5) is 0. The van der Waals surface area contributed by atoms with Crippen molar-refractivity contribution in [2.75, 3.05) is 32.7 Å². The van der Waals surface area contributed by atoms with E-state index in [1.54, 1.807) is 0 Å². The van der Waals surface area contributed by atoms with E-state index in [1.165, 1.54) is 4.31 Å². The van der Waals surface area contributed by atoms with Crippen molar-refractivity contribution in [2.45, 2.75) is 27.2 Å². The maximum absolute atomic E-state index is 11.6. The molecule has 0 aromatic carbocycles. The molecule has 2 N–H and O–H groups in total. The molecular formula is C9H23N3O2S. The zero-order valence-corrected chi connectivity index (χ0v) is 10.7. The maximum atomic E-state index is 11.6. The van der Waals surface area contributed by atoms with Crippen LogP contribution in [0.15, 0.2) is 0 Å². The second-order valence-electron chi connectivity index (χ2n) is 3.19. The van der Waals surface area contributed by atoms with Crippen molar-refractivity contribution in [1.29, 1.82) is 0 Å². The zero-order valence-electron chi connectivity index (χ0n) is 9.91. The molecule has 0 aromatic rings. The summed E-state index contributed by atoms with van der Waals surface area (Å²) in [5, 5.41) is 3.14. The van der Waals surface area contributed by atoms with Crippen LogP contribution in [0.4, 0.5) is 0 Å². The normalized spacial score (nSPS) is 12.3. The van der Waals surface area contributed by atoms with Crippen LogP contribution < -0.4 is 10.0 Å². The molecule has 0 heterocycles. The van der Waals surface area contributed by atoms with E-state index >= 15 is 0 Å². The minimum Gasteiger partial charge on any atom is -0.317 e. The minimum absolute atomic E-state index is 0.492. The lowest BCUT2D eigenvalue weighted by molar-refractivity contribution is 0.434. The number of nitrogens with zero attached hydrogens (tertiary/aromatic N) is 1. The SMILES string of the molecule is CCNCCCNS(=O)(=O)N(CC)CC. The molecule has 5 nitrogen and oxygen atoms in total. The standard InChI is InChI=1S/C9H23N3O2S/c1-4-10-8-7-9-11-15(13,14)12(5-2)6-3/h10-11H,4-9H2,1-3H3. The number of hydrogen-bond acceptors (Lipinski definition) is 3. The molecular weight excluding hydrogens is 214 g/mol. The van der Waals surface area contributed by atoms with E-state index in [1.807, 2.05) is 20.8 Å². The van der Waals surface area contributed by atoms with Crippen LogP contribution in [-0.4, -0.2) is 45.4 Å². The van der Waals surface area contributed by atoms with Gasteiger partial charge in [-0.05, 0) is 19.5 Å². The van der Waals surface area contributed by atoms with Crippen molar-refractivity contribution in [1.82, 2.24) is 14.3 Å². The number of hydrogen-bond donors (Lipinski definition) is 2. The van der Waals surface area contributed by atoms with Crippen LogP contribution in [0.25, 0.3) is 0 Å². The third-order valence-corrected chi connectivity index (χ3v) is 3.88. The van der Waals surface area contributed by atoms with E-state index in [9.17, 15) is 8.42 Å². The zero-order chi connectivity index (χ0) is 11.7. The van der Waals surface area contributed by atoms with Gasteiger partial charge in [-0.15, -0.1) is 0 Å². The molecule has 0 saturated carbocycles. The average Bonchev–Trinajstić information content (AvgIpc) is 2.18. The summed E-state index contributed by atoms with van der Waals surface area (Å²) >= 11 is 0. The van der Waals surface area contributed by atoms with Gasteiger partial charge in [0, 0.05) is 19.6 Å². The van der Waals surface area contributed by atoms with Crippen molar-refractivity contribution < 1.29 is 8.42 Å². The monoisotopic (exact) mass is 237 g/mol. The molecule has 6 heteroatoms. The molecule has 0 spiro atoms. The fourth-order valence-corrected chi connectivity index (χ4v) is 2.51. The largest absolute Gasteiger partial charge is 0.317 e. The van der Waals surface area contributed by atoms with Crippen LogP contribution in [0.2, 0.25) is 0 Å². The van der Waals surface area contributed by atoms with E-state index in [0.29, 0.717) is 19.6 Å². The molecule has 0 atom stereocenters. The summed E-state index contributed by atoms with van der Waals surface area (Å²) in [6.45, 7) is 8.98. The molecule has 0 amide bonds. The van der Waals surface area contributed by atoms with E-state index in [0.717, 1.165) is 19.5 Å². The average molecular weight is 237 g/mol. The molecule has 0 bridgehead atoms. The van der Waals surface area contributed by atoms with Crippen LogP contribution in [0.1, 0.15) is 27.2 Å². The predicted molar refractivity (Wildman–Crippen MR) is 63.0 cm³/mol. The van der Waals surface area contributed by atoms with Gasteiger partial charge in [-0.25, -0.2) is 4.72 Å². The molecule has 0 fully saturated rings. The van der Waals surface area contributed by atoms with E-state index < -0.39 is 10.2 Å². The van der Waals surface area contributed by atoms with Crippen LogP contribution in [-0.2, 0) is 10.2 Å². The van der Waals surface area contributed by atoms with Crippen molar-refractivity contribution in [3.63, 3.8) is 0 Å². The van der Waals surface area contributed by atoms with Crippen molar-refractivity contribution in [3.8, 4) is 0 Å². The molecule has 0 radical (unpaired) electrons. The Morgan fingerprint density at radius 2 is 1.67 bits per heavy atom. The smallest absolute Gasteiger partial charge is 0.279 e. The van der Waals surface area contributed by atoms with Gasteiger partial charge in [0.1, 0.15) is 0 Å². The first-order chi connectivity index (χ1) is 7.08. The van der Waals surface area contributed by atoms with E-state index in [-0.39, 0.29) is 0 Å². The second kappa shape index (κ2) is 8.04. The summed E-state index contributed by atoms with van der Waals surface area (Å²) in [6, 6.07) is 0. The Morgan fingerprint density at radius 3 is 2.13 bits per heavy atom. The Labute approximate surface area is 93.4 Å². The van der Waals surface area contributed by atoms with Gasteiger partial charge in [0.2, 0.25) is 0 Å². The fourth-order valence-electron chi connectivity index (χ4n) is 1.25. The van der Waals surface area contributed by atoms with Crippen LogP contribution in [0, 0.1) is 0 Å². The molecule has 0 saturated heterocycles. The molecule has 0 aliphatic heterocycles. The quantitative estimate of drug-likeness (QED) is 0.562. The lowest BCUT2D eigenvalue weighted by Gasteiger charge is -2.18. The van der Waals surface area contributed by atoms with E-state index in [2.05, 4.69) is 10.0 Å². The van der Waals surface area contributed by atoms with Gasteiger partial charge >= 0.3 is 0 Å². The third-order valence-electron chi connectivity index (χ3n) is 2.11. The molecule has 0 rings (SSSR count). The Hall–Kier alpha value is -0.170. The van der Waals surface area contributed by atoms with Crippen LogP contribution in [0.3, 0.4) is 0 Å². The Morgan fingerprint density at radius 1 is 1.07 bits per heavy atom. The van der Waals surface area contributed by atoms with Gasteiger partial charge in [0.15, 0.2) is 0 Å². The summed E-state index contributed by atoms with van der Waals surface area (Å²) in [6.07, 6.45) is 0.814. The Kier molecular flexibility index (Phi) is 7.95. The number of rotatable bonds is 9. The highest BCUT2D eigenvalue weighted by molar-refractivity contribution is 7.87. The van der Waals surface area contributed by atoms with Gasteiger partial charge < -0.3 is 5.32 Å². The molecule has 0 aromatic heterocycles. The highest BCUT2D eigenvalue weighted by Crippen LogP contribution is 1.96. The summed E-state index contributed by atoms with van der Waals surface area (Å²) < 4.78 is 27.2. The first-order valence-electron chi connectivity index (χ1n) is 5.53. The van der Waals surface area contributed by atoms with E-state index in [4.69, 9.17) is 0 Å². The van der Waals surface area contributed by atoms with Crippen molar-refractivity contribution in [3.05, 3.63) is 0 Å². The first-order valence-corrected chi connectivity index (χ1v) is 6.97. The highest BCUT2D eigenvalue weighted by atomic mass is 32.2. The van der Waals surface area contributed by atoms with Crippen molar-refractivity contribution in [2.24, 2.45) is 0 Å². The minimum atomic E-state index is -3.25. The second-order valence-corrected chi connectivity index (χ2v) is 4.95. The van der Waals surface area contributed by atoms with Gasteiger partial charge in [-0.3, -0.25) is 0 Å². The lowest BCUT2D eigenvalue weighted by atomic mass is 10.4. The topological polar surface area (TPSA) is 61.4 Å². The molecule has 15 heavy (non-hydrogen) atoms. The highest BCUT2D eigenvalue weighted by Gasteiger charge is 2.16. The lowest BCUT2D eigenvalue weighted by Crippen LogP contribution is -2.41. The fraction of sp³-hybridized carbons (Fsp3) is 1.00. The predicted octanol–water partition coefficient (Wildman–Crippen LogP) is 0.162. The van der Waals surface area contributed by atoms with Gasteiger partial charge in [0.25, 0.3) is 10.2 Å². The Balaban J connectivity index is 3.83. The molecule has 0 aliphatic rings. The molecule has 0 unspecified atom stereocenters. The van der Waals surface area contributed by atoms with Gasteiger partial charge in [0.05, 0.1) is 0 Å². The maximum Gasteiger partial charge on any atom is 0.279 e. The number of nitrogens with one attached hydrogen (secondary N) is 2. The van der Waals surface area contributed by atoms with Crippen LogP contribution >= 0.6 is 0 Å². The summed E-state index contributed by atoms with van der Waals surface area (Å²) in [5.74, 6) is 0. The Bertz CT molecular complexity index is 238. The summed E-state index contributed by atoms with van der Waals surface area (Å²) in [5.41, 5.74) is 0. The summed E-state index contributed by atoms with van der Waals surface area (Å²) in [7, 11) is -3.25. The molecule has 92 valence electrons. The molecule has 0 aliphatic carbocycles. The first kappa shape index (κ1) is 14.8. The van der Waals surface area contributed by atoms with Crippen LogP contribution in [0.5, 0.6) is 0 Å². The van der Waals surface area contributed by atoms with Gasteiger partial charge in [-0.1, -0.05) is 20.8 Å².